The van der Waals surface area contributed by atoms with Gasteiger partial charge in [-0.1, -0.05) is 30.3 Å². The second-order valence-electron chi connectivity index (χ2n) is 6.90. The fourth-order valence-electron chi connectivity index (χ4n) is 3.40. The van der Waals surface area contributed by atoms with Crippen molar-refractivity contribution < 1.29 is 4.79 Å². The topological polar surface area (TPSA) is 52.6 Å². The molecular formula is C21H23N5O. The van der Waals surface area contributed by atoms with E-state index in [4.69, 9.17) is 9.97 Å². The maximum Gasteiger partial charge on any atom is 0.253 e. The Balaban J connectivity index is 1.54. The molecule has 1 aliphatic rings. The quantitative estimate of drug-likeness (QED) is 0.718. The molecule has 0 N–H and O–H groups in total. The van der Waals surface area contributed by atoms with Gasteiger partial charge in [0.05, 0.1) is 5.52 Å². The molecule has 27 heavy (non-hydrogen) atoms. The van der Waals surface area contributed by atoms with Gasteiger partial charge in [-0.3, -0.25) is 4.79 Å². The van der Waals surface area contributed by atoms with Crippen molar-refractivity contribution in [1.82, 2.24) is 14.9 Å². The lowest BCUT2D eigenvalue weighted by molar-refractivity contribution is 0.0746. The summed E-state index contributed by atoms with van der Waals surface area (Å²) in [7, 11) is 3.99. The monoisotopic (exact) mass is 361 g/mol. The summed E-state index contributed by atoms with van der Waals surface area (Å²) in [6.45, 7) is 2.79. The van der Waals surface area contributed by atoms with Gasteiger partial charge in [-0.05, 0) is 24.3 Å². The SMILES string of the molecule is CN(C)c1nc(N2CCN(C(=O)c3ccccc3)CC2)nc2ccccc12. The molecule has 2 aromatic carbocycles. The van der Waals surface area contributed by atoms with Gasteiger partial charge in [0.2, 0.25) is 5.95 Å². The second kappa shape index (κ2) is 7.23. The lowest BCUT2D eigenvalue weighted by Crippen LogP contribution is -2.49. The molecule has 6 nitrogen and oxygen atoms in total. The minimum atomic E-state index is 0.0867. The molecule has 138 valence electrons. The van der Waals surface area contributed by atoms with Crippen LogP contribution in [0.2, 0.25) is 0 Å². The predicted molar refractivity (Wildman–Crippen MR) is 108 cm³/mol. The zero-order chi connectivity index (χ0) is 18.8. The average Bonchev–Trinajstić information content (AvgIpc) is 2.73. The number of rotatable bonds is 3. The smallest absolute Gasteiger partial charge is 0.253 e. The Morgan fingerprint density at radius 1 is 0.889 bits per heavy atom. The van der Waals surface area contributed by atoms with Gasteiger partial charge in [0.1, 0.15) is 5.82 Å². The van der Waals surface area contributed by atoms with Crippen LogP contribution in [0.3, 0.4) is 0 Å². The van der Waals surface area contributed by atoms with Crippen molar-refractivity contribution >= 4 is 28.6 Å². The van der Waals surface area contributed by atoms with Crippen LogP contribution in [0.1, 0.15) is 10.4 Å². The molecular weight excluding hydrogens is 338 g/mol. The summed E-state index contributed by atoms with van der Waals surface area (Å²) in [6.07, 6.45) is 0. The van der Waals surface area contributed by atoms with E-state index in [1.807, 2.05) is 78.5 Å². The van der Waals surface area contributed by atoms with Crippen molar-refractivity contribution in [1.29, 1.82) is 0 Å². The van der Waals surface area contributed by atoms with E-state index in [0.717, 1.165) is 41.3 Å². The summed E-state index contributed by atoms with van der Waals surface area (Å²) < 4.78 is 0. The Hall–Kier alpha value is -3.15. The number of hydrogen-bond acceptors (Lipinski definition) is 5. The summed E-state index contributed by atoms with van der Waals surface area (Å²) in [6, 6.07) is 17.5. The van der Waals surface area contributed by atoms with Crippen LogP contribution < -0.4 is 9.80 Å². The number of fused-ring (bicyclic) bond motifs is 1. The number of hydrogen-bond donors (Lipinski definition) is 0. The highest BCUT2D eigenvalue weighted by Crippen LogP contribution is 2.25. The molecule has 1 saturated heterocycles. The minimum absolute atomic E-state index is 0.0867. The van der Waals surface area contributed by atoms with Gasteiger partial charge in [0.25, 0.3) is 5.91 Å². The van der Waals surface area contributed by atoms with E-state index in [2.05, 4.69) is 4.90 Å². The molecule has 0 atom stereocenters. The maximum atomic E-state index is 12.6. The van der Waals surface area contributed by atoms with Crippen molar-refractivity contribution in [3.05, 3.63) is 60.2 Å². The lowest BCUT2D eigenvalue weighted by atomic mass is 10.2. The summed E-state index contributed by atoms with van der Waals surface area (Å²) in [5.74, 6) is 1.73. The molecule has 1 aliphatic heterocycles. The maximum absolute atomic E-state index is 12.6. The molecule has 0 radical (unpaired) electrons. The first-order valence-electron chi connectivity index (χ1n) is 9.17. The molecule has 3 aromatic rings. The molecule has 2 heterocycles. The number of piperazine rings is 1. The largest absolute Gasteiger partial charge is 0.362 e. The highest BCUT2D eigenvalue weighted by Gasteiger charge is 2.24. The fraction of sp³-hybridized carbons (Fsp3) is 0.286. The van der Waals surface area contributed by atoms with Gasteiger partial charge in [0.15, 0.2) is 0 Å². The number of amides is 1. The first-order chi connectivity index (χ1) is 13.1. The van der Waals surface area contributed by atoms with Gasteiger partial charge in [0, 0.05) is 51.2 Å². The van der Waals surface area contributed by atoms with Crippen LogP contribution in [-0.4, -0.2) is 61.0 Å². The number of para-hydroxylation sites is 1. The zero-order valence-electron chi connectivity index (χ0n) is 15.7. The van der Waals surface area contributed by atoms with Crippen LogP contribution in [0.5, 0.6) is 0 Å². The number of aromatic nitrogens is 2. The summed E-state index contributed by atoms with van der Waals surface area (Å²) in [4.78, 5) is 28.3. The van der Waals surface area contributed by atoms with Gasteiger partial charge < -0.3 is 14.7 Å². The molecule has 0 aliphatic carbocycles. The zero-order valence-corrected chi connectivity index (χ0v) is 15.7. The Kier molecular flexibility index (Phi) is 4.62. The van der Waals surface area contributed by atoms with E-state index in [1.54, 1.807) is 0 Å². The van der Waals surface area contributed by atoms with Crippen LogP contribution >= 0.6 is 0 Å². The van der Waals surface area contributed by atoms with E-state index in [9.17, 15) is 4.79 Å². The molecule has 1 aromatic heterocycles. The van der Waals surface area contributed by atoms with Crippen molar-refractivity contribution in [3.63, 3.8) is 0 Å². The molecule has 1 amide bonds. The van der Waals surface area contributed by atoms with Crippen molar-refractivity contribution in [2.75, 3.05) is 50.1 Å². The normalized spacial score (nSPS) is 14.4. The fourth-order valence-corrected chi connectivity index (χ4v) is 3.40. The van der Waals surface area contributed by atoms with Gasteiger partial charge in [-0.15, -0.1) is 0 Å². The molecule has 0 saturated carbocycles. The van der Waals surface area contributed by atoms with E-state index < -0.39 is 0 Å². The first kappa shape index (κ1) is 17.3. The van der Waals surface area contributed by atoms with Gasteiger partial charge >= 0.3 is 0 Å². The van der Waals surface area contributed by atoms with E-state index in [0.29, 0.717) is 13.1 Å². The molecule has 6 heteroatoms. The van der Waals surface area contributed by atoms with Crippen LogP contribution in [0.4, 0.5) is 11.8 Å². The van der Waals surface area contributed by atoms with E-state index >= 15 is 0 Å². The van der Waals surface area contributed by atoms with E-state index in [-0.39, 0.29) is 5.91 Å². The highest BCUT2D eigenvalue weighted by molar-refractivity contribution is 5.94. The Labute approximate surface area is 159 Å². The van der Waals surface area contributed by atoms with Gasteiger partial charge in [-0.2, -0.15) is 4.98 Å². The van der Waals surface area contributed by atoms with Crippen LogP contribution in [0, 0.1) is 0 Å². The first-order valence-corrected chi connectivity index (χ1v) is 9.17. The standard InChI is InChI=1S/C21H23N5O/c1-24(2)19-17-10-6-7-11-18(17)22-21(23-19)26-14-12-25(13-15-26)20(27)16-8-4-3-5-9-16/h3-11H,12-15H2,1-2H3. The molecule has 0 unspecified atom stereocenters. The van der Waals surface area contributed by atoms with Crippen LogP contribution in [-0.2, 0) is 0 Å². The summed E-state index contributed by atoms with van der Waals surface area (Å²) in [5, 5.41) is 1.05. The third-order valence-corrected chi connectivity index (χ3v) is 4.87. The third kappa shape index (κ3) is 3.43. The molecule has 1 fully saturated rings. The molecule has 0 spiro atoms. The molecule has 0 bridgehead atoms. The summed E-state index contributed by atoms with van der Waals surface area (Å²) in [5.41, 5.74) is 1.68. The Morgan fingerprint density at radius 2 is 1.56 bits per heavy atom. The number of benzene rings is 2. The lowest BCUT2D eigenvalue weighted by Gasteiger charge is -2.35. The number of nitrogens with zero attached hydrogens (tertiary/aromatic N) is 5. The number of anilines is 2. The van der Waals surface area contributed by atoms with Crippen molar-refractivity contribution in [3.8, 4) is 0 Å². The van der Waals surface area contributed by atoms with Crippen molar-refractivity contribution in [2.45, 2.75) is 0 Å². The molecule has 4 rings (SSSR count). The number of carbonyl (C=O) groups excluding carboxylic acids is 1. The second-order valence-corrected chi connectivity index (χ2v) is 6.90. The summed E-state index contributed by atoms with van der Waals surface area (Å²) >= 11 is 0. The van der Waals surface area contributed by atoms with Crippen LogP contribution in [0.25, 0.3) is 10.9 Å². The Morgan fingerprint density at radius 3 is 2.26 bits per heavy atom. The predicted octanol–water partition coefficient (Wildman–Crippen LogP) is 2.66. The minimum Gasteiger partial charge on any atom is -0.362 e. The number of carbonyl (C=O) groups is 1. The average molecular weight is 361 g/mol. The third-order valence-electron chi connectivity index (χ3n) is 4.87. The Bertz CT molecular complexity index is 949. The van der Waals surface area contributed by atoms with Gasteiger partial charge in [-0.25, -0.2) is 4.98 Å². The van der Waals surface area contributed by atoms with Crippen LogP contribution in [0.15, 0.2) is 54.6 Å². The highest BCUT2D eigenvalue weighted by atomic mass is 16.2. The van der Waals surface area contributed by atoms with Crippen molar-refractivity contribution in [2.24, 2.45) is 0 Å². The van der Waals surface area contributed by atoms with E-state index in [1.165, 1.54) is 0 Å².